The highest BCUT2D eigenvalue weighted by Gasteiger charge is 1.81. The highest BCUT2D eigenvalue weighted by molar-refractivity contribution is 5.66. The topological polar surface area (TPSA) is 115 Å². The van der Waals surface area contributed by atoms with Crippen LogP contribution in [-0.4, -0.2) is 38.7 Å². The van der Waals surface area contributed by atoms with E-state index in [1.807, 2.05) is 0 Å². The zero-order valence-electron chi connectivity index (χ0n) is 8.88. The maximum atomic E-state index is 9.37. The van der Waals surface area contributed by atoms with Crippen molar-refractivity contribution in [3.8, 4) is 0 Å². The van der Waals surface area contributed by atoms with E-state index < -0.39 is 18.2 Å². The highest BCUT2D eigenvalue weighted by atomic mass is 16.5. The number of hydrogen-bond acceptors (Lipinski definition) is 4. The third-order valence-electron chi connectivity index (χ3n) is 0.816. The number of rotatable bonds is 3. The van der Waals surface area contributed by atoms with E-state index in [-0.39, 0.29) is 12.8 Å². The molecular weight excluding hydrogens is 204 g/mol. The molecule has 0 radical (unpaired) electrons. The number of aliphatic carboxylic acids is 2. The molecular formula is C9H18O6. The lowest BCUT2D eigenvalue weighted by Gasteiger charge is -1.84. The summed E-state index contributed by atoms with van der Waals surface area (Å²) in [5.41, 5.74) is 0. The molecule has 0 aromatic rings. The van der Waals surface area contributed by atoms with Gasteiger partial charge in [-0.3, -0.25) is 9.59 Å². The number of aliphatic hydroxyl groups is 2. The van der Waals surface area contributed by atoms with Crippen LogP contribution in [0.2, 0.25) is 0 Å². The summed E-state index contributed by atoms with van der Waals surface area (Å²) in [6.45, 7) is 6.26. The summed E-state index contributed by atoms with van der Waals surface area (Å²) in [6.07, 6.45) is 0.120. The number of carboxylic acids is 2. The number of hydrogen-bond donors (Lipinski definition) is 4. The zero-order chi connectivity index (χ0) is 12.9. The van der Waals surface area contributed by atoms with E-state index in [4.69, 9.17) is 20.4 Å². The lowest BCUT2D eigenvalue weighted by molar-refractivity contribution is -0.137. The van der Waals surface area contributed by atoms with Gasteiger partial charge >= 0.3 is 11.9 Å². The first kappa shape index (κ1) is 19.2. The van der Waals surface area contributed by atoms with Crippen molar-refractivity contribution in [1.82, 2.24) is 0 Å². The molecule has 0 aromatic heterocycles. The Morgan fingerprint density at radius 2 is 1.27 bits per heavy atom. The number of carboxylic acid groups (broad SMARTS) is 2. The molecule has 0 spiro atoms. The smallest absolute Gasteiger partial charge is 0.303 e. The Morgan fingerprint density at radius 3 is 1.27 bits per heavy atom. The van der Waals surface area contributed by atoms with E-state index in [9.17, 15) is 9.59 Å². The normalized spacial score (nSPS) is 7.80. The monoisotopic (exact) mass is 222 g/mol. The standard InChI is InChI=1S/3C3H6O2/c3*1-2-3(4)5/h2*2H2,1H3,(H,4,5);2-5H,1H2. The Bertz CT molecular complexity index is 161. The van der Waals surface area contributed by atoms with E-state index in [0.29, 0.717) is 0 Å². The van der Waals surface area contributed by atoms with E-state index in [1.54, 1.807) is 13.8 Å². The van der Waals surface area contributed by atoms with E-state index in [0.717, 1.165) is 6.08 Å². The second-order valence-corrected chi connectivity index (χ2v) is 2.14. The van der Waals surface area contributed by atoms with E-state index in [1.165, 1.54) is 0 Å². The summed E-state index contributed by atoms with van der Waals surface area (Å²) in [5, 5.41) is 31.0. The van der Waals surface area contributed by atoms with Gasteiger partial charge < -0.3 is 20.4 Å². The average Bonchev–Trinajstić information content (AvgIpc) is 2.19. The molecule has 15 heavy (non-hydrogen) atoms. The fraction of sp³-hybridized carbons (Fsp3) is 0.556. The van der Waals surface area contributed by atoms with Crippen LogP contribution in [0, 0.1) is 0 Å². The molecule has 90 valence electrons. The van der Waals surface area contributed by atoms with Gasteiger partial charge in [0.25, 0.3) is 0 Å². The zero-order valence-corrected chi connectivity index (χ0v) is 8.88. The summed E-state index contributed by atoms with van der Waals surface area (Å²) in [5.74, 6) is -1.49. The largest absolute Gasteiger partial charge is 0.481 e. The SMILES string of the molecule is C=CC(O)O.CCC(=O)O.CCC(=O)O. The van der Waals surface area contributed by atoms with Crippen LogP contribution in [0.1, 0.15) is 26.7 Å². The Hall–Kier alpha value is -1.40. The molecule has 6 nitrogen and oxygen atoms in total. The summed E-state index contributed by atoms with van der Waals surface area (Å²) < 4.78 is 0. The molecule has 0 heterocycles. The Labute approximate surface area is 88.5 Å². The summed E-state index contributed by atoms with van der Waals surface area (Å²) >= 11 is 0. The molecule has 0 aliphatic rings. The van der Waals surface area contributed by atoms with Crippen LogP contribution in [-0.2, 0) is 9.59 Å². The van der Waals surface area contributed by atoms with Gasteiger partial charge in [-0.2, -0.15) is 0 Å². The average molecular weight is 222 g/mol. The molecule has 0 fully saturated rings. The summed E-state index contributed by atoms with van der Waals surface area (Å²) in [7, 11) is 0. The van der Waals surface area contributed by atoms with Crippen LogP contribution >= 0.6 is 0 Å². The fourth-order valence-corrected chi connectivity index (χ4v) is 0. The Balaban J connectivity index is -0.000000144. The van der Waals surface area contributed by atoms with Crippen molar-refractivity contribution in [2.75, 3.05) is 0 Å². The van der Waals surface area contributed by atoms with Crippen LogP contribution in [0.25, 0.3) is 0 Å². The lowest BCUT2D eigenvalue weighted by atomic mass is 10.5. The van der Waals surface area contributed by atoms with Crippen LogP contribution in [0.15, 0.2) is 12.7 Å². The third kappa shape index (κ3) is 66.9. The molecule has 0 bridgehead atoms. The van der Waals surface area contributed by atoms with Crippen molar-refractivity contribution < 1.29 is 30.0 Å². The minimum Gasteiger partial charge on any atom is -0.481 e. The first-order valence-corrected chi connectivity index (χ1v) is 4.23. The molecule has 0 amide bonds. The Kier molecular flexibility index (Phi) is 19.3. The van der Waals surface area contributed by atoms with Crippen LogP contribution in [0.5, 0.6) is 0 Å². The molecule has 0 atom stereocenters. The van der Waals surface area contributed by atoms with Gasteiger partial charge in [-0.05, 0) is 6.08 Å². The van der Waals surface area contributed by atoms with Crippen molar-refractivity contribution >= 4 is 11.9 Å². The molecule has 6 heteroatoms. The second kappa shape index (κ2) is 15.1. The molecule has 0 unspecified atom stereocenters. The first-order valence-electron chi connectivity index (χ1n) is 4.23. The van der Waals surface area contributed by atoms with Crippen LogP contribution in [0.4, 0.5) is 0 Å². The van der Waals surface area contributed by atoms with Crippen molar-refractivity contribution in [3.63, 3.8) is 0 Å². The quantitative estimate of drug-likeness (QED) is 0.407. The maximum absolute atomic E-state index is 9.37. The van der Waals surface area contributed by atoms with Gasteiger partial charge in [-0.25, -0.2) is 0 Å². The molecule has 0 saturated heterocycles. The Morgan fingerprint density at radius 1 is 1.13 bits per heavy atom. The molecule has 4 N–H and O–H groups in total. The van der Waals surface area contributed by atoms with Gasteiger partial charge in [0.05, 0.1) is 0 Å². The summed E-state index contributed by atoms with van der Waals surface area (Å²) in [6, 6.07) is 0. The summed E-state index contributed by atoms with van der Waals surface area (Å²) in [4.78, 5) is 18.7. The van der Waals surface area contributed by atoms with E-state index >= 15 is 0 Å². The van der Waals surface area contributed by atoms with Gasteiger partial charge in [0.15, 0.2) is 6.29 Å². The van der Waals surface area contributed by atoms with Gasteiger partial charge in [-0.1, -0.05) is 20.4 Å². The van der Waals surface area contributed by atoms with Gasteiger partial charge in [-0.15, -0.1) is 0 Å². The molecule has 0 aliphatic heterocycles. The molecule has 0 aliphatic carbocycles. The van der Waals surface area contributed by atoms with Gasteiger partial charge in [0.2, 0.25) is 0 Å². The lowest BCUT2D eigenvalue weighted by Crippen LogP contribution is -1.95. The van der Waals surface area contributed by atoms with Crippen molar-refractivity contribution in [2.45, 2.75) is 33.0 Å². The predicted octanol–water partition coefficient (Wildman–Crippen LogP) is 0.445. The molecule has 0 aromatic carbocycles. The number of aliphatic hydroxyl groups excluding tert-OH is 1. The van der Waals surface area contributed by atoms with Crippen LogP contribution in [0.3, 0.4) is 0 Å². The second-order valence-electron chi connectivity index (χ2n) is 2.14. The van der Waals surface area contributed by atoms with Crippen molar-refractivity contribution in [1.29, 1.82) is 0 Å². The molecule has 0 rings (SSSR count). The predicted molar refractivity (Wildman–Crippen MR) is 54.3 cm³/mol. The maximum Gasteiger partial charge on any atom is 0.303 e. The van der Waals surface area contributed by atoms with E-state index in [2.05, 4.69) is 6.58 Å². The highest BCUT2D eigenvalue weighted by Crippen LogP contribution is 1.68. The minimum atomic E-state index is -1.35. The van der Waals surface area contributed by atoms with Gasteiger partial charge in [0, 0.05) is 12.8 Å². The molecule has 0 saturated carbocycles. The number of carbonyl (C=O) groups is 2. The van der Waals surface area contributed by atoms with Crippen LogP contribution < -0.4 is 0 Å². The minimum absolute atomic E-state index is 0.222. The first-order chi connectivity index (χ1) is 6.81. The van der Waals surface area contributed by atoms with Crippen molar-refractivity contribution in [3.05, 3.63) is 12.7 Å². The van der Waals surface area contributed by atoms with Crippen molar-refractivity contribution in [2.24, 2.45) is 0 Å². The third-order valence-corrected chi connectivity index (χ3v) is 0.816. The van der Waals surface area contributed by atoms with Gasteiger partial charge in [0.1, 0.15) is 0 Å². The fourth-order valence-electron chi connectivity index (χ4n) is 0.